The Hall–Kier alpha value is -2.86. The number of benzene rings is 2. The fourth-order valence-electron chi connectivity index (χ4n) is 2.38. The van der Waals surface area contributed by atoms with E-state index in [9.17, 15) is 9.18 Å². The van der Waals surface area contributed by atoms with Crippen LogP contribution in [0.25, 0.3) is 5.57 Å². The Morgan fingerprint density at radius 3 is 2.31 bits per heavy atom. The van der Waals surface area contributed by atoms with Crippen LogP contribution in [0.3, 0.4) is 0 Å². The zero-order chi connectivity index (χ0) is 19.1. The van der Waals surface area contributed by atoms with Crippen molar-refractivity contribution in [1.29, 1.82) is 0 Å². The largest absolute Gasteiger partial charge is 0.493 e. The smallest absolute Gasteiger partial charge is 0.270 e. The van der Waals surface area contributed by atoms with E-state index in [-0.39, 0.29) is 11.7 Å². The second-order valence-electron chi connectivity index (χ2n) is 5.38. The molecule has 0 aromatic heterocycles. The molecule has 138 valence electrons. The van der Waals surface area contributed by atoms with E-state index < -0.39 is 0 Å². The number of nitrogens with zero attached hydrogens (tertiary/aromatic N) is 1. The molecule has 0 aliphatic heterocycles. The molecule has 2 aromatic carbocycles. The van der Waals surface area contributed by atoms with Crippen molar-refractivity contribution in [2.75, 3.05) is 27.9 Å². The van der Waals surface area contributed by atoms with Gasteiger partial charge in [0, 0.05) is 13.1 Å². The Balaban J connectivity index is 2.56. The quantitative estimate of drug-likeness (QED) is 0.559. The van der Waals surface area contributed by atoms with Crippen molar-refractivity contribution in [3.63, 3.8) is 0 Å². The molecule has 26 heavy (non-hydrogen) atoms. The zero-order valence-corrected chi connectivity index (χ0v) is 15.3. The van der Waals surface area contributed by atoms with Crippen LogP contribution >= 0.6 is 0 Å². The summed E-state index contributed by atoms with van der Waals surface area (Å²) in [7, 11) is 4.48. The maximum absolute atomic E-state index is 13.3. The molecule has 0 heterocycles. The number of methoxy groups -OCH3 is 1. The highest BCUT2D eigenvalue weighted by Gasteiger charge is 2.14. The van der Waals surface area contributed by atoms with Crippen LogP contribution < -0.4 is 9.47 Å². The first-order valence-electron chi connectivity index (χ1n) is 8.10. The van der Waals surface area contributed by atoms with Gasteiger partial charge in [-0.2, -0.15) is 0 Å². The number of hydrogen-bond donors (Lipinski definition) is 0. The topological polar surface area (TPSA) is 48.0 Å². The average Bonchev–Trinajstić information content (AvgIpc) is 2.66. The van der Waals surface area contributed by atoms with E-state index in [1.807, 2.05) is 13.0 Å². The highest BCUT2D eigenvalue weighted by atomic mass is 19.1. The molecule has 0 radical (unpaired) electrons. The third-order valence-corrected chi connectivity index (χ3v) is 3.78. The van der Waals surface area contributed by atoms with Gasteiger partial charge in [0.25, 0.3) is 5.91 Å². The molecule has 0 saturated heterocycles. The third kappa shape index (κ3) is 4.61. The van der Waals surface area contributed by atoms with Crippen molar-refractivity contribution in [2.45, 2.75) is 6.92 Å². The molecule has 5 nitrogen and oxygen atoms in total. The summed E-state index contributed by atoms with van der Waals surface area (Å²) >= 11 is 0. The van der Waals surface area contributed by atoms with Gasteiger partial charge in [-0.25, -0.2) is 9.45 Å². The molecule has 6 heteroatoms. The van der Waals surface area contributed by atoms with Gasteiger partial charge in [0.15, 0.2) is 11.5 Å². The van der Waals surface area contributed by atoms with Crippen molar-refractivity contribution in [3.8, 4) is 11.5 Å². The Labute approximate surface area is 152 Å². The Bertz CT molecular complexity index is 787. The predicted molar refractivity (Wildman–Crippen MR) is 97.4 cm³/mol. The van der Waals surface area contributed by atoms with Gasteiger partial charge in [0.05, 0.1) is 20.8 Å². The van der Waals surface area contributed by atoms with Crippen LogP contribution in [0.15, 0.2) is 48.5 Å². The lowest BCUT2D eigenvalue weighted by molar-refractivity contribution is -0.162. The molecule has 0 atom stereocenters. The van der Waals surface area contributed by atoms with Crippen molar-refractivity contribution in [3.05, 3.63) is 65.5 Å². The molecule has 1 amide bonds. The molecule has 2 aromatic rings. The minimum absolute atomic E-state index is 0.347. The van der Waals surface area contributed by atoms with E-state index in [1.165, 1.54) is 32.4 Å². The van der Waals surface area contributed by atoms with Gasteiger partial charge in [-0.05, 0) is 47.9 Å². The number of carbonyl (C=O) groups is 1. The summed E-state index contributed by atoms with van der Waals surface area (Å²) in [6.07, 6.45) is 1.44. The number of halogens is 1. The van der Waals surface area contributed by atoms with Crippen LogP contribution in [-0.2, 0) is 9.63 Å². The second-order valence-corrected chi connectivity index (χ2v) is 5.38. The van der Waals surface area contributed by atoms with Crippen molar-refractivity contribution in [1.82, 2.24) is 5.06 Å². The number of rotatable bonds is 7. The lowest BCUT2D eigenvalue weighted by Crippen LogP contribution is -2.23. The summed E-state index contributed by atoms with van der Waals surface area (Å²) in [5, 5.41) is 1.11. The summed E-state index contributed by atoms with van der Waals surface area (Å²) in [5.74, 6) is 0.459. The molecule has 2 rings (SSSR count). The summed E-state index contributed by atoms with van der Waals surface area (Å²) in [6, 6.07) is 11.3. The van der Waals surface area contributed by atoms with Gasteiger partial charge in [0.2, 0.25) is 0 Å². The van der Waals surface area contributed by atoms with Crippen LogP contribution in [0.1, 0.15) is 18.1 Å². The van der Waals surface area contributed by atoms with Gasteiger partial charge in [-0.15, -0.1) is 0 Å². The Kier molecular flexibility index (Phi) is 6.74. The number of ether oxygens (including phenoxy) is 2. The summed E-state index contributed by atoms with van der Waals surface area (Å²) < 4.78 is 24.2. The molecular weight excluding hydrogens is 337 g/mol. The van der Waals surface area contributed by atoms with E-state index in [4.69, 9.17) is 14.3 Å². The van der Waals surface area contributed by atoms with Gasteiger partial charge in [-0.3, -0.25) is 9.63 Å². The number of carbonyl (C=O) groups excluding carboxylic acids is 1. The second kappa shape index (κ2) is 9.01. The van der Waals surface area contributed by atoms with Gasteiger partial charge in [-0.1, -0.05) is 18.2 Å². The SMILES string of the molecule is CCOc1cc(/C(=C\C(=O)N(C)OC)c2ccc(F)cc2)ccc1OC. The fourth-order valence-corrected chi connectivity index (χ4v) is 2.38. The predicted octanol–water partition coefficient (Wildman–Crippen LogP) is 3.68. The first-order chi connectivity index (χ1) is 12.5. The monoisotopic (exact) mass is 359 g/mol. The van der Waals surface area contributed by atoms with Crippen LogP contribution in [-0.4, -0.2) is 38.8 Å². The summed E-state index contributed by atoms with van der Waals surface area (Å²) in [6.45, 7) is 2.35. The molecule has 0 aliphatic rings. The number of amides is 1. The van der Waals surface area contributed by atoms with Gasteiger partial charge >= 0.3 is 0 Å². The zero-order valence-electron chi connectivity index (χ0n) is 15.3. The highest BCUT2D eigenvalue weighted by molar-refractivity contribution is 5.98. The van der Waals surface area contributed by atoms with Crippen molar-refractivity contribution >= 4 is 11.5 Å². The fraction of sp³-hybridized carbons (Fsp3) is 0.250. The minimum atomic E-state index is -0.349. The standard InChI is InChI=1S/C20H22FNO4/c1-5-26-19-12-15(8-11-18(19)24-3)17(13-20(23)22(2)25-4)14-6-9-16(21)10-7-14/h6-13H,5H2,1-4H3/b17-13-. The van der Waals surface area contributed by atoms with Gasteiger partial charge in [0.1, 0.15) is 5.82 Å². The van der Waals surface area contributed by atoms with Crippen LogP contribution in [0.2, 0.25) is 0 Å². The van der Waals surface area contributed by atoms with Gasteiger partial charge < -0.3 is 9.47 Å². The van der Waals surface area contributed by atoms with Crippen LogP contribution in [0, 0.1) is 5.82 Å². The van der Waals surface area contributed by atoms with Crippen LogP contribution in [0.4, 0.5) is 4.39 Å². The first kappa shape index (κ1) is 19.5. The Morgan fingerprint density at radius 1 is 1.08 bits per heavy atom. The molecule has 0 saturated carbocycles. The normalized spacial score (nSPS) is 11.2. The third-order valence-electron chi connectivity index (χ3n) is 3.78. The molecular formula is C20H22FNO4. The lowest BCUT2D eigenvalue weighted by Gasteiger charge is -2.15. The van der Waals surface area contributed by atoms with Crippen molar-refractivity contribution in [2.24, 2.45) is 0 Å². The van der Waals surface area contributed by atoms with E-state index >= 15 is 0 Å². The first-order valence-corrected chi connectivity index (χ1v) is 8.10. The molecule has 0 N–H and O–H groups in total. The van der Waals surface area contributed by atoms with Crippen molar-refractivity contribution < 1.29 is 23.5 Å². The molecule has 0 bridgehead atoms. The van der Waals surface area contributed by atoms with E-state index in [2.05, 4.69) is 0 Å². The van der Waals surface area contributed by atoms with E-state index in [0.717, 1.165) is 10.6 Å². The lowest BCUT2D eigenvalue weighted by atomic mass is 9.97. The number of hydrogen-bond acceptors (Lipinski definition) is 4. The molecule has 0 aliphatic carbocycles. The maximum atomic E-state index is 13.3. The maximum Gasteiger partial charge on any atom is 0.270 e. The highest BCUT2D eigenvalue weighted by Crippen LogP contribution is 2.33. The summed E-state index contributed by atoms with van der Waals surface area (Å²) in [5.41, 5.74) is 2.04. The number of likely N-dealkylation sites (N-methyl/N-ethyl adjacent to an activating group) is 1. The Morgan fingerprint density at radius 2 is 1.73 bits per heavy atom. The molecule has 0 spiro atoms. The average molecular weight is 359 g/mol. The van der Waals surface area contributed by atoms with Crippen LogP contribution in [0.5, 0.6) is 11.5 Å². The van der Waals surface area contributed by atoms with E-state index in [1.54, 1.807) is 31.4 Å². The molecule has 0 fully saturated rings. The summed E-state index contributed by atoms with van der Waals surface area (Å²) in [4.78, 5) is 17.3. The van der Waals surface area contributed by atoms with E-state index in [0.29, 0.717) is 29.2 Å². The number of hydroxylamine groups is 2. The minimum Gasteiger partial charge on any atom is -0.493 e. The molecule has 0 unspecified atom stereocenters.